The molecule has 1 atom stereocenters. The number of carbonyl (C=O) groups is 2. The molecule has 0 radical (unpaired) electrons. The first-order chi connectivity index (χ1) is 15.1. The van der Waals surface area contributed by atoms with Crippen LogP contribution < -0.4 is 14.8 Å². The van der Waals surface area contributed by atoms with Gasteiger partial charge in [-0.3, -0.25) is 0 Å². The molecule has 0 saturated heterocycles. The molecule has 1 aliphatic heterocycles. The fourth-order valence-electron chi connectivity index (χ4n) is 3.77. The highest BCUT2D eigenvalue weighted by atomic mass is 16.5. The van der Waals surface area contributed by atoms with Gasteiger partial charge in [0.15, 0.2) is 5.54 Å². The summed E-state index contributed by atoms with van der Waals surface area (Å²) in [4.78, 5) is 28.7. The molecule has 170 valence electrons. The highest BCUT2D eigenvalue weighted by molar-refractivity contribution is 6.09. The van der Waals surface area contributed by atoms with Crippen molar-refractivity contribution in [2.75, 3.05) is 57.2 Å². The zero-order valence-corrected chi connectivity index (χ0v) is 19.7. The fraction of sp³-hybridized carbons (Fsp3) is 0.375. The van der Waals surface area contributed by atoms with Crippen molar-refractivity contribution in [1.29, 1.82) is 0 Å². The zero-order valence-electron chi connectivity index (χ0n) is 19.7. The summed E-state index contributed by atoms with van der Waals surface area (Å²) in [5.74, 6) is -0.772. The lowest BCUT2D eigenvalue weighted by atomic mass is 9.92. The molecular weight excluding hydrogens is 408 g/mol. The fourth-order valence-corrected chi connectivity index (χ4v) is 3.77. The number of hydrogen-bond donors (Lipinski definition) is 0. The van der Waals surface area contributed by atoms with Crippen LogP contribution in [0.3, 0.4) is 0 Å². The summed E-state index contributed by atoms with van der Waals surface area (Å²) in [5, 5.41) is 6.60. The third-order valence-electron chi connectivity index (χ3n) is 5.65. The minimum Gasteiger partial charge on any atom is -0.467 e. The minimum absolute atomic E-state index is 0.361. The zero-order chi connectivity index (χ0) is 23.6. The molecule has 1 aliphatic rings. The first kappa shape index (κ1) is 23.1. The lowest BCUT2D eigenvalue weighted by Gasteiger charge is -2.34. The summed E-state index contributed by atoms with van der Waals surface area (Å²) in [6.45, 7) is 1.83. The van der Waals surface area contributed by atoms with Crippen LogP contribution in [-0.2, 0) is 14.3 Å². The summed E-state index contributed by atoms with van der Waals surface area (Å²) in [6.07, 6.45) is 0.361. The maximum atomic E-state index is 12.9. The average molecular weight is 439 g/mol. The highest BCUT2D eigenvalue weighted by Crippen LogP contribution is 2.41. The van der Waals surface area contributed by atoms with Crippen LogP contribution in [-0.4, -0.2) is 65.6 Å². The van der Waals surface area contributed by atoms with Gasteiger partial charge in [-0.1, -0.05) is 12.1 Å². The molecule has 1 unspecified atom stereocenters. The van der Waals surface area contributed by atoms with E-state index in [2.05, 4.69) is 6.07 Å². The number of hydrazone groups is 1. The minimum atomic E-state index is -1.02. The molecule has 2 aromatic rings. The number of esters is 2. The number of methoxy groups -OCH3 is 2. The maximum absolute atomic E-state index is 12.9. The van der Waals surface area contributed by atoms with E-state index in [1.807, 2.05) is 69.2 Å². The first-order valence-electron chi connectivity index (χ1n) is 10.3. The van der Waals surface area contributed by atoms with Crippen molar-refractivity contribution in [2.24, 2.45) is 5.10 Å². The van der Waals surface area contributed by atoms with Gasteiger partial charge in [-0.15, -0.1) is 0 Å². The Bertz CT molecular complexity index is 1050. The van der Waals surface area contributed by atoms with Crippen LogP contribution in [0.1, 0.15) is 29.3 Å². The molecule has 0 saturated carbocycles. The molecule has 1 heterocycles. The lowest BCUT2D eigenvalue weighted by molar-refractivity contribution is -0.146. The van der Waals surface area contributed by atoms with E-state index in [1.165, 1.54) is 14.2 Å². The van der Waals surface area contributed by atoms with E-state index in [0.717, 1.165) is 28.3 Å². The Labute approximate surface area is 189 Å². The standard InChI is InChI=1S/C24H30N4O4/c1-24(23(30)32-7)15-19(16-8-10-17(11-9-16)22(29)31-6)25-28(24)20-13-12-18(26(2)3)14-21(20)27(4)5/h8-14H,15H2,1-7H3. The predicted molar refractivity (Wildman–Crippen MR) is 127 cm³/mol. The number of carbonyl (C=O) groups excluding carboxylic acids is 2. The second-order valence-corrected chi connectivity index (χ2v) is 8.33. The number of benzene rings is 2. The van der Waals surface area contributed by atoms with Gasteiger partial charge < -0.3 is 19.3 Å². The second-order valence-electron chi connectivity index (χ2n) is 8.33. The smallest absolute Gasteiger partial charge is 0.337 e. The van der Waals surface area contributed by atoms with Crippen LogP contribution in [0.2, 0.25) is 0 Å². The Morgan fingerprint density at radius 3 is 2.16 bits per heavy atom. The third kappa shape index (κ3) is 4.12. The Morgan fingerprint density at radius 2 is 1.62 bits per heavy atom. The summed E-state index contributed by atoms with van der Waals surface area (Å²) < 4.78 is 9.93. The van der Waals surface area contributed by atoms with Crippen LogP contribution in [0.5, 0.6) is 0 Å². The largest absolute Gasteiger partial charge is 0.467 e. The van der Waals surface area contributed by atoms with E-state index in [9.17, 15) is 9.59 Å². The monoisotopic (exact) mass is 438 g/mol. The van der Waals surface area contributed by atoms with Gasteiger partial charge in [0, 0.05) is 40.3 Å². The molecule has 0 amide bonds. The predicted octanol–water partition coefficient (Wildman–Crippen LogP) is 3.15. The van der Waals surface area contributed by atoms with Gasteiger partial charge in [0.25, 0.3) is 0 Å². The van der Waals surface area contributed by atoms with Crippen LogP contribution >= 0.6 is 0 Å². The van der Waals surface area contributed by atoms with Crippen LogP contribution in [0, 0.1) is 0 Å². The van der Waals surface area contributed by atoms with Gasteiger partial charge in [-0.25, -0.2) is 14.6 Å². The molecule has 0 spiro atoms. The molecule has 8 nitrogen and oxygen atoms in total. The van der Waals surface area contributed by atoms with E-state index in [-0.39, 0.29) is 5.97 Å². The number of ether oxygens (including phenoxy) is 2. The Hall–Kier alpha value is -3.55. The lowest BCUT2D eigenvalue weighted by Crippen LogP contribution is -2.48. The molecule has 0 aromatic heterocycles. The normalized spacial score (nSPS) is 17.6. The van der Waals surface area contributed by atoms with Crippen LogP contribution in [0.25, 0.3) is 0 Å². The van der Waals surface area contributed by atoms with Gasteiger partial charge in [0.05, 0.1) is 36.9 Å². The van der Waals surface area contributed by atoms with Crippen LogP contribution in [0.4, 0.5) is 17.1 Å². The Morgan fingerprint density at radius 1 is 0.969 bits per heavy atom. The van der Waals surface area contributed by atoms with Gasteiger partial charge in [0.2, 0.25) is 0 Å². The third-order valence-corrected chi connectivity index (χ3v) is 5.65. The Balaban J connectivity index is 2.10. The van der Waals surface area contributed by atoms with E-state index < -0.39 is 11.5 Å². The Kier molecular flexibility index (Phi) is 6.43. The molecule has 2 aromatic carbocycles. The van der Waals surface area contributed by atoms with Crippen molar-refractivity contribution in [2.45, 2.75) is 18.9 Å². The van der Waals surface area contributed by atoms with Gasteiger partial charge in [-0.05, 0) is 42.8 Å². The van der Waals surface area contributed by atoms with Crippen LogP contribution in [0.15, 0.2) is 47.6 Å². The number of nitrogens with zero attached hydrogens (tertiary/aromatic N) is 4. The summed E-state index contributed by atoms with van der Waals surface area (Å²) in [6, 6.07) is 13.0. The van der Waals surface area contributed by atoms with Gasteiger partial charge in [0.1, 0.15) is 0 Å². The highest BCUT2D eigenvalue weighted by Gasteiger charge is 2.48. The number of anilines is 3. The van der Waals surface area contributed by atoms with Crippen molar-refractivity contribution in [1.82, 2.24) is 0 Å². The van der Waals surface area contributed by atoms with Gasteiger partial charge in [-0.2, -0.15) is 5.10 Å². The summed E-state index contributed by atoms with van der Waals surface area (Å²) in [5.41, 5.74) is 3.76. The molecule has 0 N–H and O–H groups in total. The molecule has 3 rings (SSSR count). The average Bonchev–Trinajstić information content (AvgIpc) is 3.15. The molecule has 0 aliphatic carbocycles. The molecule has 32 heavy (non-hydrogen) atoms. The molecular formula is C24H30N4O4. The summed E-state index contributed by atoms with van der Waals surface area (Å²) in [7, 11) is 10.6. The van der Waals surface area contributed by atoms with Crippen molar-refractivity contribution in [3.63, 3.8) is 0 Å². The summed E-state index contributed by atoms with van der Waals surface area (Å²) >= 11 is 0. The number of rotatable bonds is 6. The SMILES string of the molecule is COC(=O)c1ccc(C2=NN(c3ccc(N(C)C)cc3N(C)C)C(C)(C(=O)OC)C2)cc1. The van der Waals surface area contributed by atoms with E-state index in [0.29, 0.717) is 12.0 Å². The van der Waals surface area contributed by atoms with E-state index in [1.54, 1.807) is 17.1 Å². The van der Waals surface area contributed by atoms with Crippen molar-refractivity contribution in [3.05, 3.63) is 53.6 Å². The van der Waals surface area contributed by atoms with E-state index in [4.69, 9.17) is 14.6 Å². The number of hydrogen-bond acceptors (Lipinski definition) is 8. The van der Waals surface area contributed by atoms with Crippen molar-refractivity contribution < 1.29 is 19.1 Å². The molecule has 0 bridgehead atoms. The molecule has 0 fully saturated rings. The van der Waals surface area contributed by atoms with Crippen molar-refractivity contribution >= 4 is 34.7 Å². The molecule has 8 heteroatoms. The van der Waals surface area contributed by atoms with Gasteiger partial charge >= 0.3 is 11.9 Å². The maximum Gasteiger partial charge on any atom is 0.337 e. The van der Waals surface area contributed by atoms with Crippen molar-refractivity contribution in [3.8, 4) is 0 Å². The second kappa shape index (κ2) is 8.90. The quantitative estimate of drug-likeness (QED) is 0.642. The topological polar surface area (TPSA) is 74.7 Å². The van der Waals surface area contributed by atoms with E-state index >= 15 is 0 Å². The first-order valence-corrected chi connectivity index (χ1v) is 10.3.